The van der Waals surface area contributed by atoms with Crippen molar-refractivity contribution in [3.63, 3.8) is 0 Å². The standard InChI is InChI=1S/C19H28N4O2/c1-3-16-18(14(2)25-21-16)19(24)23-11-9-22(10-12-23)17(13-20)15-7-5-4-6-8-15/h15,17H,3-12H2,1-2H3. The van der Waals surface area contributed by atoms with Crippen molar-refractivity contribution in [2.75, 3.05) is 26.2 Å². The molecule has 1 unspecified atom stereocenters. The molecule has 6 heteroatoms. The van der Waals surface area contributed by atoms with E-state index < -0.39 is 0 Å². The second-order valence-electron chi connectivity index (χ2n) is 7.21. The number of aromatic nitrogens is 1. The predicted octanol–water partition coefficient (Wildman–Crippen LogP) is 2.78. The van der Waals surface area contributed by atoms with Crippen molar-refractivity contribution in [1.29, 1.82) is 5.26 Å². The second-order valence-corrected chi connectivity index (χ2v) is 7.21. The quantitative estimate of drug-likeness (QED) is 0.840. The van der Waals surface area contributed by atoms with Gasteiger partial charge in [0.1, 0.15) is 17.4 Å². The van der Waals surface area contributed by atoms with Crippen LogP contribution in [0.1, 0.15) is 60.8 Å². The van der Waals surface area contributed by atoms with E-state index in [2.05, 4.69) is 16.1 Å². The highest BCUT2D eigenvalue weighted by Crippen LogP contribution is 2.29. The van der Waals surface area contributed by atoms with E-state index in [1.807, 2.05) is 11.8 Å². The van der Waals surface area contributed by atoms with Gasteiger partial charge in [0.05, 0.1) is 11.8 Å². The van der Waals surface area contributed by atoms with Crippen LogP contribution in [-0.4, -0.2) is 53.1 Å². The van der Waals surface area contributed by atoms with Crippen molar-refractivity contribution in [2.45, 2.75) is 58.4 Å². The maximum atomic E-state index is 12.9. The van der Waals surface area contributed by atoms with Crippen LogP contribution in [0.25, 0.3) is 0 Å². The second kappa shape index (κ2) is 8.01. The molecule has 1 aromatic heterocycles. The minimum Gasteiger partial charge on any atom is -0.361 e. The summed E-state index contributed by atoms with van der Waals surface area (Å²) >= 11 is 0. The van der Waals surface area contributed by atoms with Crippen molar-refractivity contribution in [3.8, 4) is 6.07 Å². The summed E-state index contributed by atoms with van der Waals surface area (Å²) in [6, 6.07) is 2.54. The molecule has 1 amide bonds. The Morgan fingerprint density at radius 3 is 2.56 bits per heavy atom. The van der Waals surface area contributed by atoms with Gasteiger partial charge in [-0.15, -0.1) is 0 Å². The monoisotopic (exact) mass is 344 g/mol. The Morgan fingerprint density at radius 2 is 1.96 bits per heavy atom. The summed E-state index contributed by atoms with van der Waals surface area (Å²) in [5.41, 5.74) is 1.36. The minimum atomic E-state index is 0.00100. The molecular formula is C19H28N4O2. The molecule has 1 aliphatic heterocycles. The number of nitrogens with zero attached hydrogens (tertiary/aromatic N) is 4. The zero-order valence-electron chi connectivity index (χ0n) is 15.3. The van der Waals surface area contributed by atoms with Gasteiger partial charge in [-0.25, -0.2) is 0 Å². The molecule has 1 aliphatic carbocycles. The Balaban J connectivity index is 1.62. The molecule has 0 N–H and O–H groups in total. The van der Waals surface area contributed by atoms with Crippen molar-refractivity contribution < 1.29 is 9.32 Å². The highest BCUT2D eigenvalue weighted by Gasteiger charge is 2.33. The van der Waals surface area contributed by atoms with Crippen LogP contribution in [0.15, 0.2) is 4.52 Å². The van der Waals surface area contributed by atoms with Gasteiger partial charge in [-0.3, -0.25) is 9.69 Å². The number of rotatable bonds is 4. The Labute approximate surface area is 149 Å². The molecule has 3 rings (SSSR count). The van der Waals surface area contributed by atoms with Crippen molar-refractivity contribution >= 4 is 5.91 Å². The van der Waals surface area contributed by atoms with E-state index in [1.165, 1.54) is 19.3 Å². The molecule has 2 heterocycles. The van der Waals surface area contributed by atoms with Crippen LogP contribution in [0.4, 0.5) is 0 Å². The number of piperazine rings is 1. The van der Waals surface area contributed by atoms with Crippen LogP contribution in [0.2, 0.25) is 0 Å². The van der Waals surface area contributed by atoms with Gasteiger partial charge in [-0.05, 0) is 32.1 Å². The molecule has 2 fully saturated rings. The Morgan fingerprint density at radius 1 is 1.28 bits per heavy atom. The Kier molecular flexibility index (Phi) is 5.74. The maximum absolute atomic E-state index is 12.9. The number of amides is 1. The number of hydrogen-bond acceptors (Lipinski definition) is 5. The van der Waals surface area contributed by atoms with Gasteiger partial charge < -0.3 is 9.42 Å². The third kappa shape index (κ3) is 3.72. The van der Waals surface area contributed by atoms with Gasteiger partial charge in [-0.1, -0.05) is 31.3 Å². The smallest absolute Gasteiger partial charge is 0.259 e. The summed E-state index contributed by atoms with van der Waals surface area (Å²) < 4.78 is 5.20. The average Bonchev–Trinajstić information content (AvgIpc) is 3.04. The fourth-order valence-electron chi connectivity index (χ4n) is 4.23. The minimum absolute atomic E-state index is 0.00100. The summed E-state index contributed by atoms with van der Waals surface area (Å²) in [4.78, 5) is 17.0. The van der Waals surface area contributed by atoms with Crippen molar-refractivity contribution in [2.24, 2.45) is 5.92 Å². The molecule has 6 nitrogen and oxygen atoms in total. The molecular weight excluding hydrogens is 316 g/mol. The summed E-state index contributed by atoms with van der Waals surface area (Å²) in [7, 11) is 0. The molecule has 25 heavy (non-hydrogen) atoms. The molecule has 136 valence electrons. The molecule has 0 spiro atoms. The van der Waals surface area contributed by atoms with Gasteiger partial charge in [-0.2, -0.15) is 5.26 Å². The number of carbonyl (C=O) groups excluding carboxylic acids is 1. The summed E-state index contributed by atoms with van der Waals surface area (Å²) in [6.45, 7) is 6.64. The third-order valence-electron chi connectivity index (χ3n) is 5.71. The Hall–Kier alpha value is -1.87. The molecule has 1 aromatic rings. The van der Waals surface area contributed by atoms with Gasteiger partial charge in [0.15, 0.2) is 0 Å². The van der Waals surface area contributed by atoms with Gasteiger partial charge in [0.25, 0.3) is 5.91 Å². The van der Waals surface area contributed by atoms with E-state index in [-0.39, 0.29) is 11.9 Å². The highest BCUT2D eigenvalue weighted by molar-refractivity contribution is 5.96. The third-order valence-corrected chi connectivity index (χ3v) is 5.71. The summed E-state index contributed by atoms with van der Waals surface area (Å²) in [5, 5.41) is 13.7. The SMILES string of the molecule is CCc1noc(C)c1C(=O)N1CCN(C(C#N)C2CCCCC2)CC1. The van der Waals surface area contributed by atoms with Crippen LogP contribution in [0.5, 0.6) is 0 Å². The number of aryl methyl sites for hydroxylation is 2. The molecule has 2 aliphatic rings. The topological polar surface area (TPSA) is 73.4 Å². The van der Waals surface area contributed by atoms with Gasteiger partial charge in [0, 0.05) is 26.2 Å². The van der Waals surface area contributed by atoms with Gasteiger partial charge >= 0.3 is 0 Å². The largest absolute Gasteiger partial charge is 0.361 e. The van der Waals surface area contributed by atoms with E-state index in [0.717, 1.165) is 31.6 Å². The first-order valence-corrected chi connectivity index (χ1v) is 9.53. The molecule has 1 atom stereocenters. The van der Waals surface area contributed by atoms with E-state index >= 15 is 0 Å². The first-order valence-electron chi connectivity index (χ1n) is 9.53. The number of hydrogen-bond donors (Lipinski definition) is 0. The van der Waals surface area contributed by atoms with E-state index in [4.69, 9.17) is 4.52 Å². The van der Waals surface area contributed by atoms with Crippen LogP contribution in [0, 0.1) is 24.2 Å². The lowest BCUT2D eigenvalue weighted by Gasteiger charge is -2.40. The molecule has 1 saturated heterocycles. The fourth-order valence-corrected chi connectivity index (χ4v) is 4.23. The summed E-state index contributed by atoms with van der Waals surface area (Å²) in [6.07, 6.45) is 6.81. The molecule has 0 radical (unpaired) electrons. The first kappa shape index (κ1) is 17.9. The van der Waals surface area contributed by atoms with Crippen molar-refractivity contribution in [3.05, 3.63) is 17.0 Å². The average molecular weight is 344 g/mol. The maximum Gasteiger partial charge on any atom is 0.259 e. The van der Waals surface area contributed by atoms with E-state index in [1.54, 1.807) is 6.92 Å². The van der Waals surface area contributed by atoms with Crippen LogP contribution >= 0.6 is 0 Å². The van der Waals surface area contributed by atoms with E-state index in [0.29, 0.717) is 36.8 Å². The predicted molar refractivity (Wildman–Crippen MR) is 94.1 cm³/mol. The Bertz CT molecular complexity index is 634. The lowest BCUT2D eigenvalue weighted by molar-refractivity contribution is 0.0536. The number of carbonyl (C=O) groups is 1. The van der Waals surface area contributed by atoms with Crippen LogP contribution in [0.3, 0.4) is 0 Å². The molecule has 1 saturated carbocycles. The molecule has 0 aromatic carbocycles. The summed E-state index contributed by atoms with van der Waals surface area (Å²) in [5.74, 6) is 1.11. The van der Waals surface area contributed by atoms with Gasteiger partial charge in [0.2, 0.25) is 0 Å². The zero-order valence-corrected chi connectivity index (χ0v) is 15.3. The molecule has 0 bridgehead atoms. The lowest BCUT2D eigenvalue weighted by atomic mass is 9.83. The normalized spacial score (nSPS) is 21.1. The lowest BCUT2D eigenvalue weighted by Crippen LogP contribution is -2.53. The van der Waals surface area contributed by atoms with Crippen LogP contribution < -0.4 is 0 Å². The number of nitriles is 1. The van der Waals surface area contributed by atoms with E-state index in [9.17, 15) is 10.1 Å². The fraction of sp³-hybridized carbons (Fsp3) is 0.737. The van der Waals surface area contributed by atoms with Crippen LogP contribution in [-0.2, 0) is 6.42 Å². The van der Waals surface area contributed by atoms with Crippen molar-refractivity contribution in [1.82, 2.24) is 15.0 Å². The first-order chi connectivity index (χ1) is 12.2. The zero-order chi connectivity index (χ0) is 17.8. The highest BCUT2D eigenvalue weighted by atomic mass is 16.5.